The van der Waals surface area contributed by atoms with E-state index >= 15 is 4.79 Å². The number of hydrogen-bond acceptors (Lipinski definition) is 15. The zero-order chi connectivity index (χ0) is 59.2. The summed E-state index contributed by atoms with van der Waals surface area (Å²) in [5.74, 6) is 1.42. The largest absolute Gasteiger partial charge is 0.507 e. The predicted molar refractivity (Wildman–Crippen MR) is 317 cm³/mol. The molecule has 0 aromatic heterocycles. The van der Waals surface area contributed by atoms with Gasteiger partial charge in [0.1, 0.15) is 75.1 Å². The van der Waals surface area contributed by atoms with Gasteiger partial charge in [0, 0.05) is 64.3 Å². The monoisotopic (exact) mass is 1130 g/mol. The number of benzene rings is 8. The van der Waals surface area contributed by atoms with Crippen LogP contribution in [0.2, 0.25) is 0 Å². The molecule has 8 aromatic carbocycles. The van der Waals surface area contributed by atoms with E-state index in [1.807, 2.05) is 121 Å². The molecule has 0 radical (unpaired) electrons. The maximum absolute atomic E-state index is 15.7. The first-order chi connectivity index (χ1) is 40.8. The van der Waals surface area contributed by atoms with Gasteiger partial charge in [0.05, 0.1) is 93.2 Å². The SMILES string of the molecule is COc1ccc(CC2C(c3cc(C(c4ccc(OC)cc4OC)C4c5cc(C=CC(=O)c6ccc(OC)cc6O)ccc5OC4c4ccc(OC)cc4)c(OC)cc3OC)OC(c3ccc(OC)cc3)C2C(=O)c2ccc(OC)cc2O)cc1. The zero-order valence-corrected chi connectivity index (χ0v) is 48.1. The molecule has 8 aromatic rings. The molecule has 15 heteroatoms. The van der Waals surface area contributed by atoms with Gasteiger partial charge in [-0.3, -0.25) is 9.59 Å². The number of aromatic hydroxyl groups is 2. The maximum Gasteiger partial charge on any atom is 0.189 e. The van der Waals surface area contributed by atoms with E-state index in [0.717, 1.165) is 22.3 Å². The van der Waals surface area contributed by atoms with Gasteiger partial charge in [-0.1, -0.05) is 54.6 Å². The Labute approximate surface area is 488 Å². The van der Waals surface area contributed by atoms with Gasteiger partial charge in [-0.05, 0) is 120 Å². The van der Waals surface area contributed by atoms with Gasteiger partial charge < -0.3 is 62.3 Å². The molecule has 0 aliphatic carbocycles. The van der Waals surface area contributed by atoms with Crippen LogP contribution in [-0.2, 0) is 11.2 Å². The fraction of sp³-hybridized carbons (Fsp3) is 0.246. The van der Waals surface area contributed by atoms with E-state index in [9.17, 15) is 15.0 Å². The molecule has 432 valence electrons. The number of methoxy groups -OCH3 is 9. The van der Waals surface area contributed by atoms with Gasteiger partial charge in [-0.2, -0.15) is 0 Å². The van der Waals surface area contributed by atoms with Gasteiger partial charge in [0.25, 0.3) is 0 Å². The Kier molecular flexibility index (Phi) is 17.3. The topological polar surface area (TPSA) is 176 Å². The standard InChI is InChI=1S/C69H66O15/c1-74-43-18-10-39(11-19-43)33-55-65(66(73)50-28-25-47(78-5)35-58(50)72)68(42-16-22-45(76-3)23-17-42)84-69(55)54-37-53(61(81-8)38-62(54)82-9)63(51-29-26-48(79-6)36-60(51)80-7)64-52-32-40(12-30-56(70)49-27-24-46(77-4)34-57(49)71)13-31-59(52)83-67(64)41-14-20-44(75-2)21-15-41/h10-32,34-38,55,63-65,67-69,71-72H,33H2,1-9H3. The van der Waals surface area contributed by atoms with E-state index in [1.54, 1.807) is 74.0 Å². The van der Waals surface area contributed by atoms with Crippen molar-refractivity contribution in [2.45, 2.75) is 36.6 Å². The summed E-state index contributed by atoms with van der Waals surface area (Å²) in [7, 11) is 14.2. The van der Waals surface area contributed by atoms with Gasteiger partial charge in [0.15, 0.2) is 11.6 Å². The molecule has 0 amide bonds. The third kappa shape index (κ3) is 11.5. The number of carbonyl (C=O) groups is 2. The lowest BCUT2D eigenvalue weighted by Gasteiger charge is -2.33. The number of rotatable bonds is 22. The molecule has 7 unspecified atom stereocenters. The highest BCUT2D eigenvalue weighted by atomic mass is 16.5. The van der Waals surface area contributed by atoms with Crippen molar-refractivity contribution in [3.63, 3.8) is 0 Å². The lowest BCUT2D eigenvalue weighted by atomic mass is 9.71. The number of phenolic OH excluding ortho intramolecular Hbond substituents is 2. The Morgan fingerprint density at radius 3 is 1.55 bits per heavy atom. The molecule has 0 saturated carbocycles. The fourth-order valence-electron chi connectivity index (χ4n) is 11.8. The van der Waals surface area contributed by atoms with Crippen LogP contribution in [0.3, 0.4) is 0 Å². The normalized spacial score (nSPS) is 18.2. The van der Waals surface area contributed by atoms with E-state index in [0.29, 0.717) is 86.2 Å². The van der Waals surface area contributed by atoms with Gasteiger partial charge >= 0.3 is 0 Å². The first kappa shape index (κ1) is 57.6. The van der Waals surface area contributed by atoms with E-state index in [1.165, 1.54) is 38.5 Å². The number of ether oxygens (including phenoxy) is 11. The molecule has 0 spiro atoms. The lowest BCUT2D eigenvalue weighted by molar-refractivity contribution is 0.0253. The molecule has 15 nitrogen and oxygen atoms in total. The molecular formula is C69H66O15. The summed E-state index contributed by atoms with van der Waals surface area (Å²) in [4.78, 5) is 29.4. The van der Waals surface area contributed by atoms with Gasteiger partial charge in [-0.25, -0.2) is 0 Å². The smallest absolute Gasteiger partial charge is 0.189 e. The summed E-state index contributed by atoms with van der Waals surface area (Å²) in [6.07, 6.45) is 1.12. The molecule has 2 heterocycles. The van der Waals surface area contributed by atoms with Crippen molar-refractivity contribution in [1.29, 1.82) is 0 Å². The van der Waals surface area contributed by atoms with Crippen molar-refractivity contribution in [1.82, 2.24) is 0 Å². The van der Waals surface area contributed by atoms with Gasteiger partial charge in [-0.15, -0.1) is 0 Å². The number of allylic oxidation sites excluding steroid dienone is 1. The van der Waals surface area contributed by atoms with Crippen molar-refractivity contribution in [2.75, 3.05) is 64.0 Å². The van der Waals surface area contributed by atoms with E-state index < -0.39 is 47.8 Å². The van der Waals surface area contributed by atoms with Crippen molar-refractivity contribution in [2.24, 2.45) is 11.8 Å². The molecule has 2 N–H and O–H groups in total. The van der Waals surface area contributed by atoms with Gasteiger partial charge in [0.2, 0.25) is 0 Å². The number of hydrogen-bond donors (Lipinski definition) is 2. The highest BCUT2D eigenvalue weighted by Gasteiger charge is 2.52. The van der Waals surface area contributed by atoms with Crippen LogP contribution >= 0.6 is 0 Å². The second-order valence-corrected chi connectivity index (χ2v) is 20.4. The average Bonchev–Trinajstić information content (AvgIpc) is 2.34. The van der Waals surface area contributed by atoms with E-state index in [4.69, 9.17) is 52.1 Å². The van der Waals surface area contributed by atoms with Crippen LogP contribution in [0, 0.1) is 11.8 Å². The van der Waals surface area contributed by atoms with E-state index in [-0.39, 0.29) is 28.4 Å². The van der Waals surface area contributed by atoms with Crippen molar-refractivity contribution in [3.05, 3.63) is 219 Å². The zero-order valence-electron chi connectivity index (χ0n) is 48.1. The summed E-state index contributed by atoms with van der Waals surface area (Å²) < 4.78 is 67.0. The summed E-state index contributed by atoms with van der Waals surface area (Å²) in [5, 5.41) is 22.4. The number of carbonyl (C=O) groups excluding carboxylic acids is 2. The number of phenols is 2. The molecule has 2 aliphatic heterocycles. The summed E-state index contributed by atoms with van der Waals surface area (Å²) in [6.45, 7) is 0. The summed E-state index contributed by atoms with van der Waals surface area (Å²) in [5.41, 5.74) is 6.24. The van der Waals surface area contributed by atoms with E-state index in [2.05, 4.69) is 0 Å². The van der Waals surface area contributed by atoms with Crippen LogP contribution in [-0.4, -0.2) is 85.8 Å². The summed E-state index contributed by atoms with van der Waals surface area (Å²) >= 11 is 0. The minimum absolute atomic E-state index is 0.110. The third-order valence-electron chi connectivity index (χ3n) is 16.0. The maximum atomic E-state index is 15.7. The second-order valence-electron chi connectivity index (χ2n) is 20.4. The summed E-state index contributed by atoms with van der Waals surface area (Å²) in [6, 6.07) is 47.6. The Morgan fingerprint density at radius 1 is 0.476 bits per heavy atom. The van der Waals surface area contributed by atoms with Crippen LogP contribution in [0.15, 0.2) is 164 Å². The minimum atomic E-state index is -0.890. The molecule has 2 aliphatic rings. The predicted octanol–water partition coefficient (Wildman–Crippen LogP) is 13.3. The first-order valence-corrected chi connectivity index (χ1v) is 27.2. The Bertz CT molecular complexity index is 3690. The Morgan fingerprint density at radius 2 is 0.988 bits per heavy atom. The third-order valence-corrected chi connectivity index (χ3v) is 16.0. The molecule has 1 fully saturated rings. The van der Waals surface area contributed by atoms with Crippen LogP contribution in [0.25, 0.3) is 6.08 Å². The number of ketones is 2. The van der Waals surface area contributed by atoms with Crippen LogP contribution in [0.4, 0.5) is 0 Å². The molecule has 1 saturated heterocycles. The lowest BCUT2D eigenvalue weighted by Crippen LogP contribution is -2.27. The highest BCUT2D eigenvalue weighted by Crippen LogP contribution is 2.60. The Balaban J connectivity index is 1.20. The number of Topliss-reactive ketones (excluding diaryl/α,β-unsaturated/α-hetero) is 1. The quantitative estimate of drug-likeness (QED) is 0.0484. The van der Waals surface area contributed by atoms with Crippen LogP contribution < -0.4 is 47.4 Å². The molecular weight excluding hydrogens is 1070 g/mol. The molecule has 84 heavy (non-hydrogen) atoms. The molecule has 0 bridgehead atoms. The highest BCUT2D eigenvalue weighted by molar-refractivity contribution is 6.08. The minimum Gasteiger partial charge on any atom is -0.507 e. The molecule has 7 atom stereocenters. The van der Waals surface area contributed by atoms with Crippen molar-refractivity contribution >= 4 is 17.6 Å². The first-order valence-electron chi connectivity index (χ1n) is 27.2. The van der Waals surface area contributed by atoms with Crippen LogP contribution in [0.1, 0.15) is 95.4 Å². The second kappa shape index (κ2) is 25.3. The Hall–Kier alpha value is -9.60. The van der Waals surface area contributed by atoms with Crippen LogP contribution in [0.5, 0.6) is 69.0 Å². The average molecular weight is 1140 g/mol. The van der Waals surface area contributed by atoms with Crippen molar-refractivity contribution < 1.29 is 71.9 Å². The fourth-order valence-corrected chi connectivity index (χ4v) is 11.8. The van der Waals surface area contributed by atoms with Crippen molar-refractivity contribution in [3.8, 4) is 69.0 Å². The number of fused-ring (bicyclic) bond motifs is 1. The molecule has 10 rings (SSSR count).